The molecule has 1 unspecified atom stereocenters. The summed E-state index contributed by atoms with van der Waals surface area (Å²) in [6.07, 6.45) is 2.09. The zero-order chi connectivity index (χ0) is 14.5. The highest BCUT2D eigenvalue weighted by molar-refractivity contribution is 7.88. The number of nitrogens with zero attached hydrogens (tertiary/aromatic N) is 1. The molecule has 1 N–H and O–H groups in total. The Morgan fingerprint density at radius 2 is 2.16 bits per heavy atom. The Kier molecular flexibility index (Phi) is 6.46. The lowest BCUT2D eigenvalue weighted by molar-refractivity contribution is 0.414. The van der Waals surface area contributed by atoms with Gasteiger partial charge in [0.2, 0.25) is 10.0 Å². The Balaban J connectivity index is 2.33. The van der Waals surface area contributed by atoms with Gasteiger partial charge in [0.25, 0.3) is 0 Å². The minimum absolute atomic E-state index is 0.327. The number of nitrogens with one attached hydrogen (secondary N) is 1. The summed E-state index contributed by atoms with van der Waals surface area (Å²) in [5, 5.41) is 5.55. The number of thiophene rings is 1. The summed E-state index contributed by atoms with van der Waals surface area (Å²) in [5.41, 5.74) is 1.32. The average Bonchev–Trinajstić information content (AvgIpc) is 2.73. The van der Waals surface area contributed by atoms with Crippen LogP contribution in [0.3, 0.4) is 0 Å². The van der Waals surface area contributed by atoms with Gasteiger partial charge in [0, 0.05) is 24.0 Å². The van der Waals surface area contributed by atoms with Crippen LogP contribution in [0.1, 0.15) is 36.8 Å². The van der Waals surface area contributed by atoms with Crippen LogP contribution in [-0.4, -0.2) is 38.6 Å². The average molecular weight is 304 g/mol. The van der Waals surface area contributed by atoms with E-state index in [1.807, 2.05) is 6.92 Å². The summed E-state index contributed by atoms with van der Waals surface area (Å²) < 4.78 is 24.4. The minimum Gasteiger partial charge on any atom is -0.309 e. The SMILES string of the molecule is CCN(CCCNC(C)c1sccc1C)S(C)(=O)=O. The van der Waals surface area contributed by atoms with Gasteiger partial charge < -0.3 is 5.32 Å². The Hall–Kier alpha value is -0.430. The van der Waals surface area contributed by atoms with Crippen molar-refractivity contribution in [1.82, 2.24) is 9.62 Å². The van der Waals surface area contributed by atoms with E-state index in [0.717, 1.165) is 13.0 Å². The Bertz CT molecular complexity index is 483. The molecule has 0 amide bonds. The number of sulfonamides is 1. The molecule has 0 aliphatic rings. The molecule has 0 aliphatic heterocycles. The van der Waals surface area contributed by atoms with E-state index in [-0.39, 0.29) is 0 Å². The lowest BCUT2D eigenvalue weighted by atomic mass is 10.2. The Morgan fingerprint density at radius 1 is 1.47 bits per heavy atom. The molecular formula is C13H24N2O2S2. The summed E-state index contributed by atoms with van der Waals surface area (Å²) in [5.74, 6) is 0. The molecule has 0 radical (unpaired) electrons. The molecule has 1 aromatic heterocycles. The van der Waals surface area contributed by atoms with E-state index < -0.39 is 10.0 Å². The van der Waals surface area contributed by atoms with Crippen molar-refractivity contribution in [2.75, 3.05) is 25.9 Å². The molecule has 0 bridgehead atoms. The highest BCUT2D eigenvalue weighted by atomic mass is 32.2. The van der Waals surface area contributed by atoms with Crippen molar-refractivity contribution in [3.63, 3.8) is 0 Å². The van der Waals surface area contributed by atoms with Crippen LogP contribution in [0.15, 0.2) is 11.4 Å². The van der Waals surface area contributed by atoms with Crippen LogP contribution in [0.25, 0.3) is 0 Å². The predicted molar refractivity (Wildman–Crippen MR) is 82.2 cm³/mol. The fraction of sp³-hybridized carbons (Fsp3) is 0.692. The second-order valence-electron chi connectivity index (χ2n) is 4.75. The molecule has 1 heterocycles. The second kappa shape index (κ2) is 7.38. The molecule has 1 rings (SSSR count). The molecule has 19 heavy (non-hydrogen) atoms. The van der Waals surface area contributed by atoms with Gasteiger partial charge in [-0.15, -0.1) is 11.3 Å². The summed E-state index contributed by atoms with van der Waals surface area (Å²) in [6.45, 7) is 8.08. The van der Waals surface area contributed by atoms with E-state index in [4.69, 9.17) is 0 Å². The van der Waals surface area contributed by atoms with Gasteiger partial charge in [-0.25, -0.2) is 12.7 Å². The quantitative estimate of drug-likeness (QED) is 0.750. The van der Waals surface area contributed by atoms with E-state index in [2.05, 4.69) is 30.6 Å². The maximum Gasteiger partial charge on any atom is 0.211 e. The predicted octanol–water partition coefficient (Wildman–Crippen LogP) is 2.38. The molecular weight excluding hydrogens is 280 g/mol. The smallest absolute Gasteiger partial charge is 0.211 e. The highest BCUT2D eigenvalue weighted by Crippen LogP contribution is 2.23. The molecule has 1 aromatic rings. The van der Waals surface area contributed by atoms with Crippen molar-refractivity contribution in [3.8, 4) is 0 Å². The van der Waals surface area contributed by atoms with Crippen LogP contribution in [0.4, 0.5) is 0 Å². The van der Waals surface area contributed by atoms with Gasteiger partial charge in [0.05, 0.1) is 6.26 Å². The van der Waals surface area contributed by atoms with Gasteiger partial charge in [0.15, 0.2) is 0 Å². The standard InChI is InChI=1S/C13H24N2O2S2/c1-5-15(19(4,16)17)9-6-8-14-12(3)13-11(2)7-10-18-13/h7,10,12,14H,5-6,8-9H2,1-4H3. The normalized spacial score (nSPS) is 13.9. The van der Waals surface area contributed by atoms with Crippen molar-refractivity contribution in [3.05, 3.63) is 21.9 Å². The molecule has 0 aromatic carbocycles. The first-order valence-electron chi connectivity index (χ1n) is 6.58. The first-order valence-corrected chi connectivity index (χ1v) is 9.31. The third kappa shape index (κ3) is 5.22. The van der Waals surface area contributed by atoms with Crippen LogP contribution >= 0.6 is 11.3 Å². The largest absolute Gasteiger partial charge is 0.309 e. The number of hydrogen-bond acceptors (Lipinski definition) is 4. The van der Waals surface area contributed by atoms with Gasteiger partial charge in [-0.3, -0.25) is 0 Å². The zero-order valence-corrected chi connectivity index (χ0v) is 13.8. The molecule has 0 fully saturated rings. The van der Waals surface area contributed by atoms with Crippen molar-refractivity contribution in [1.29, 1.82) is 0 Å². The number of hydrogen-bond donors (Lipinski definition) is 1. The van der Waals surface area contributed by atoms with Crippen molar-refractivity contribution in [2.24, 2.45) is 0 Å². The molecule has 1 atom stereocenters. The molecule has 4 nitrogen and oxygen atoms in total. The maximum absolute atomic E-state index is 11.4. The molecule has 110 valence electrons. The molecule has 0 saturated heterocycles. The maximum atomic E-state index is 11.4. The molecule has 0 saturated carbocycles. The summed E-state index contributed by atoms with van der Waals surface area (Å²) in [4.78, 5) is 1.36. The van der Waals surface area contributed by atoms with Crippen LogP contribution in [-0.2, 0) is 10.0 Å². The van der Waals surface area contributed by atoms with Crippen molar-refractivity contribution < 1.29 is 8.42 Å². The monoisotopic (exact) mass is 304 g/mol. The number of rotatable bonds is 8. The molecule has 0 spiro atoms. The fourth-order valence-corrected chi connectivity index (χ4v) is 3.94. The minimum atomic E-state index is -3.06. The summed E-state index contributed by atoms with van der Waals surface area (Å²) in [6, 6.07) is 2.45. The summed E-state index contributed by atoms with van der Waals surface area (Å²) >= 11 is 1.76. The fourth-order valence-electron chi connectivity index (χ4n) is 2.05. The third-order valence-electron chi connectivity index (χ3n) is 3.15. The van der Waals surface area contributed by atoms with Gasteiger partial charge >= 0.3 is 0 Å². The van der Waals surface area contributed by atoms with E-state index in [0.29, 0.717) is 19.1 Å². The zero-order valence-electron chi connectivity index (χ0n) is 12.1. The lowest BCUT2D eigenvalue weighted by Gasteiger charge is -2.19. The van der Waals surface area contributed by atoms with E-state index >= 15 is 0 Å². The molecule has 0 aliphatic carbocycles. The molecule has 6 heteroatoms. The Morgan fingerprint density at radius 3 is 2.63 bits per heavy atom. The summed E-state index contributed by atoms with van der Waals surface area (Å²) in [7, 11) is -3.06. The second-order valence-corrected chi connectivity index (χ2v) is 7.68. The number of aryl methyl sites for hydroxylation is 1. The van der Waals surface area contributed by atoms with Crippen molar-refractivity contribution in [2.45, 2.75) is 33.2 Å². The topological polar surface area (TPSA) is 49.4 Å². The van der Waals surface area contributed by atoms with Gasteiger partial charge in [-0.05, 0) is 43.8 Å². The van der Waals surface area contributed by atoms with Gasteiger partial charge in [-0.1, -0.05) is 6.92 Å². The first kappa shape index (κ1) is 16.6. The first-order chi connectivity index (χ1) is 8.86. The third-order valence-corrected chi connectivity index (χ3v) is 5.73. The van der Waals surface area contributed by atoms with Gasteiger partial charge in [0.1, 0.15) is 0 Å². The van der Waals surface area contributed by atoms with Crippen LogP contribution in [0, 0.1) is 6.92 Å². The van der Waals surface area contributed by atoms with E-state index in [9.17, 15) is 8.42 Å². The van der Waals surface area contributed by atoms with Gasteiger partial charge in [-0.2, -0.15) is 0 Å². The van der Waals surface area contributed by atoms with Crippen LogP contribution < -0.4 is 5.32 Å². The van der Waals surface area contributed by atoms with Crippen molar-refractivity contribution >= 4 is 21.4 Å². The van der Waals surface area contributed by atoms with E-state index in [1.54, 1.807) is 11.3 Å². The van der Waals surface area contributed by atoms with Crippen LogP contribution in [0.5, 0.6) is 0 Å². The lowest BCUT2D eigenvalue weighted by Crippen LogP contribution is -2.32. The van der Waals surface area contributed by atoms with Crippen LogP contribution in [0.2, 0.25) is 0 Å². The highest BCUT2D eigenvalue weighted by Gasteiger charge is 2.14. The van der Waals surface area contributed by atoms with E-state index in [1.165, 1.54) is 21.0 Å². The Labute approximate surface area is 120 Å².